The zero-order chi connectivity index (χ0) is 8.91. The van der Waals surface area contributed by atoms with Crippen LogP contribution >= 0.6 is 0 Å². The van der Waals surface area contributed by atoms with Crippen molar-refractivity contribution in [2.75, 3.05) is 13.1 Å². The van der Waals surface area contributed by atoms with Gasteiger partial charge in [0.25, 0.3) is 10.2 Å². The maximum atomic E-state index is 10.7. The molecule has 0 aromatic carbocycles. The van der Waals surface area contributed by atoms with Crippen molar-refractivity contribution >= 4 is 10.2 Å². The minimum Gasteiger partial charge on any atom is -0.216 e. The van der Waals surface area contributed by atoms with Gasteiger partial charge in [0.2, 0.25) is 0 Å². The summed E-state index contributed by atoms with van der Waals surface area (Å²) in [5.41, 5.74) is 0. The van der Waals surface area contributed by atoms with Crippen molar-refractivity contribution in [2.24, 2.45) is 5.14 Å². The fourth-order valence-corrected chi connectivity index (χ4v) is 1.35. The van der Waals surface area contributed by atoms with E-state index in [2.05, 4.69) is 0 Å². The van der Waals surface area contributed by atoms with Gasteiger partial charge in [-0.3, -0.25) is 0 Å². The highest BCUT2D eigenvalue weighted by Gasteiger charge is 2.13. The van der Waals surface area contributed by atoms with E-state index in [1.165, 1.54) is 0 Å². The lowest BCUT2D eigenvalue weighted by Gasteiger charge is -2.14. The lowest BCUT2D eigenvalue weighted by molar-refractivity contribution is 0.436. The lowest BCUT2D eigenvalue weighted by atomic mass is 10.5. The molecule has 11 heavy (non-hydrogen) atoms. The number of rotatable bonds is 4. The molecule has 0 bridgehead atoms. The van der Waals surface area contributed by atoms with Crippen LogP contribution in [0.5, 0.6) is 0 Å². The maximum Gasteiger partial charge on any atom is 0.276 e. The van der Waals surface area contributed by atoms with Crippen molar-refractivity contribution in [3.63, 3.8) is 0 Å². The van der Waals surface area contributed by atoms with E-state index in [0.717, 1.165) is 4.31 Å². The topological polar surface area (TPSA) is 87.2 Å². The van der Waals surface area contributed by atoms with Crippen LogP contribution in [-0.2, 0) is 10.2 Å². The standard InChI is InChI=1S/C5H11N3O2S/c1-2-8(5-3-4-6)11(7,9)10/h2-3,5H2,1H3,(H2,7,9,10). The molecule has 0 aliphatic carbocycles. The zero-order valence-electron chi connectivity index (χ0n) is 6.32. The molecular formula is C5H11N3O2S. The molecule has 0 amide bonds. The van der Waals surface area contributed by atoms with Gasteiger partial charge in [-0.2, -0.15) is 18.0 Å². The highest BCUT2D eigenvalue weighted by atomic mass is 32.2. The van der Waals surface area contributed by atoms with Crippen LogP contribution in [0.4, 0.5) is 0 Å². The Morgan fingerprint density at radius 3 is 2.45 bits per heavy atom. The summed E-state index contributed by atoms with van der Waals surface area (Å²) in [5.74, 6) is 0. The van der Waals surface area contributed by atoms with E-state index in [0.29, 0.717) is 6.54 Å². The third-order valence-electron chi connectivity index (χ3n) is 1.19. The fraction of sp³-hybridized carbons (Fsp3) is 0.800. The number of hydrogen-bond acceptors (Lipinski definition) is 3. The summed E-state index contributed by atoms with van der Waals surface area (Å²) in [6.45, 7) is 2.15. The molecule has 0 aromatic rings. The lowest BCUT2D eigenvalue weighted by Crippen LogP contribution is -2.37. The monoisotopic (exact) mass is 177 g/mol. The summed E-state index contributed by atoms with van der Waals surface area (Å²) < 4.78 is 22.4. The van der Waals surface area contributed by atoms with Crippen molar-refractivity contribution in [3.8, 4) is 6.07 Å². The highest BCUT2D eigenvalue weighted by Crippen LogP contribution is 1.94. The second kappa shape index (κ2) is 4.28. The normalized spacial score (nSPS) is 11.5. The number of nitrogens with two attached hydrogens (primary N) is 1. The number of nitrogens with zero attached hydrogens (tertiary/aromatic N) is 2. The summed E-state index contributed by atoms with van der Waals surface area (Å²) in [7, 11) is -3.60. The zero-order valence-corrected chi connectivity index (χ0v) is 7.13. The van der Waals surface area contributed by atoms with Gasteiger partial charge in [0, 0.05) is 19.5 Å². The van der Waals surface area contributed by atoms with Crippen LogP contribution in [0.25, 0.3) is 0 Å². The van der Waals surface area contributed by atoms with Gasteiger partial charge in [-0.25, -0.2) is 5.14 Å². The SMILES string of the molecule is CCN(CCC#N)S(N)(=O)=O. The van der Waals surface area contributed by atoms with Crippen LogP contribution in [-0.4, -0.2) is 25.8 Å². The molecular weight excluding hydrogens is 166 g/mol. The second-order valence-corrected chi connectivity index (χ2v) is 3.49. The quantitative estimate of drug-likeness (QED) is 0.623. The van der Waals surface area contributed by atoms with Crippen LogP contribution < -0.4 is 5.14 Å². The predicted octanol–water partition coefficient (Wildman–Crippen LogP) is -0.575. The Kier molecular flexibility index (Phi) is 4.03. The summed E-state index contributed by atoms with van der Waals surface area (Å²) in [5, 5.41) is 13.0. The van der Waals surface area contributed by atoms with E-state index in [-0.39, 0.29) is 13.0 Å². The van der Waals surface area contributed by atoms with Gasteiger partial charge in [0.15, 0.2) is 0 Å². The van der Waals surface area contributed by atoms with Crippen molar-refractivity contribution < 1.29 is 8.42 Å². The smallest absolute Gasteiger partial charge is 0.216 e. The molecule has 0 spiro atoms. The predicted molar refractivity (Wildman–Crippen MR) is 40.6 cm³/mol. The Bertz CT molecular complexity index is 241. The Hall–Kier alpha value is -0.640. The van der Waals surface area contributed by atoms with E-state index in [9.17, 15) is 8.42 Å². The van der Waals surface area contributed by atoms with Gasteiger partial charge in [-0.05, 0) is 0 Å². The highest BCUT2D eigenvalue weighted by molar-refractivity contribution is 7.86. The first-order chi connectivity index (χ1) is 5.02. The summed E-state index contributed by atoms with van der Waals surface area (Å²) in [4.78, 5) is 0. The molecule has 0 saturated heterocycles. The van der Waals surface area contributed by atoms with Crippen LogP contribution in [0.3, 0.4) is 0 Å². The number of nitriles is 1. The Balaban J connectivity index is 4.11. The van der Waals surface area contributed by atoms with Crippen molar-refractivity contribution in [2.45, 2.75) is 13.3 Å². The van der Waals surface area contributed by atoms with Gasteiger partial charge in [-0.1, -0.05) is 6.92 Å². The molecule has 0 atom stereocenters. The minimum absolute atomic E-state index is 0.171. The molecule has 0 fully saturated rings. The molecule has 0 aromatic heterocycles. The second-order valence-electron chi connectivity index (χ2n) is 1.94. The molecule has 0 aliphatic rings. The molecule has 64 valence electrons. The molecule has 0 aliphatic heterocycles. The first-order valence-corrected chi connectivity index (χ1v) is 4.67. The molecule has 5 nitrogen and oxygen atoms in total. The number of hydrogen-bond donors (Lipinski definition) is 1. The van der Waals surface area contributed by atoms with E-state index < -0.39 is 10.2 Å². The third-order valence-corrected chi connectivity index (χ3v) is 2.35. The van der Waals surface area contributed by atoms with Crippen LogP contribution in [0, 0.1) is 11.3 Å². The van der Waals surface area contributed by atoms with Crippen LogP contribution in [0.15, 0.2) is 0 Å². The minimum atomic E-state index is -3.60. The van der Waals surface area contributed by atoms with Gasteiger partial charge in [0.1, 0.15) is 0 Å². The van der Waals surface area contributed by atoms with Gasteiger partial charge < -0.3 is 0 Å². The first-order valence-electron chi connectivity index (χ1n) is 3.17. The Labute approximate surface area is 66.6 Å². The van der Waals surface area contributed by atoms with Gasteiger partial charge >= 0.3 is 0 Å². The van der Waals surface area contributed by atoms with Crippen LogP contribution in [0.1, 0.15) is 13.3 Å². The Morgan fingerprint density at radius 1 is 1.64 bits per heavy atom. The largest absolute Gasteiger partial charge is 0.276 e. The van der Waals surface area contributed by atoms with E-state index >= 15 is 0 Å². The molecule has 0 rings (SSSR count). The van der Waals surface area contributed by atoms with Gasteiger partial charge in [-0.15, -0.1) is 0 Å². The third kappa shape index (κ3) is 3.93. The Morgan fingerprint density at radius 2 is 2.18 bits per heavy atom. The first kappa shape index (κ1) is 10.4. The van der Waals surface area contributed by atoms with Crippen LogP contribution in [0.2, 0.25) is 0 Å². The van der Waals surface area contributed by atoms with Gasteiger partial charge in [0.05, 0.1) is 6.07 Å². The summed E-state index contributed by atoms with van der Waals surface area (Å²) in [6, 6.07) is 1.84. The average molecular weight is 177 g/mol. The fourth-order valence-electron chi connectivity index (χ4n) is 0.640. The molecule has 0 radical (unpaired) electrons. The molecule has 0 saturated carbocycles. The average Bonchev–Trinajstić information content (AvgIpc) is 1.87. The van der Waals surface area contributed by atoms with Crippen molar-refractivity contribution in [3.05, 3.63) is 0 Å². The summed E-state index contributed by atoms with van der Waals surface area (Å²) >= 11 is 0. The van der Waals surface area contributed by atoms with Crippen molar-refractivity contribution in [1.29, 1.82) is 5.26 Å². The summed E-state index contributed by atoms with van der Waals surface area (Å²) in [6.07, 6.45) is 0.171. The maximum absolute atomic E-state index is 10.7. The molecule has 0 unspecified atom stereocenters. The molecule has 2 N–H and O–H groups in total. The molecule has 6 heteroatoms. The molecule has 0 heterocycles. The van der Waals surface area contributed by atoms with Crippen molar-refractivity contribution in [1.82, 2.24) is 4.31 Å². The van der Waals surface area contributed by atoms with E-state index in [1.807, 2.05) is 6.07 Å². The van der Waals surface area contributed by atoms with E-state index in [4.69, 9.17) is 10.4 Å². The van der Waals surface area contributed by atoms with E-state index in [1.54, 1.807) is 6.92 Å².